The van der Waals surface area contributed by atoms with Crippen molar-refractivity contribution in [2.45, 2.75) is 6.92 Å². The predicted molar refractivity (Wildman–Crippen MR) is 86.7 cm³/mol. The Balaban J connectivity index is 2.05. The van der Waals surface area contributed by atoms with Crippen LogP contribution in [0.1, 0.15) is 5.69 Å². The topological polar surface area (TPSA) is 21.9 Å². The molecule has 4 heteroatoms. The van der Waals surface area contributed by atoms with E-state index in [0.717, 1.165) is 21.4 Å². The quantitative estimate of drug-likeness (QED) is 0.483. The second-order valence-electron chi connectivity index (χ2n) is 5.08. The Labute approximate surface area is 130 Å². The molecule has 21 heavy (non-hydrogen) atoms. The number of aromatic nitrogens is 3. The van der Waals surface area contributed by atoms with Gasteiger partial charge in [0.2, 0.25) is 11.2 Å². The van der Waals surface area contributed by atoms with Gasteiger partial charge in [0.15, 0.2) is 0 Å². The van der Waals surface area contributed by atoms with Gasteiger partial charge in [-0.2, -0.15) is 0 Å². The van der Waals surface area contributed by atoms with Crippen LogP contribution in [0, 0.1) is 6.92 Å². The molecule has 0 unspecified atom stereocenters. The molecule has 2 aromatic heterocycles. The van der Waals surface area contributed by atoms with Gasteiger partial charge >= 0.3 is 0 Å². The summed E-state index contributed by atoms with van der Waals surface area (Å²) in [4.78, 5) is 1.93. The largest absolute Gasteiger partial charge is 0.224 e. The summed E-state index contributed by atoms with van der Waals surface area (Å²) in [5.74, 6) is 0. The highest BCUT2D eigenvalue weighted by atomic mass is 79.9. The summed E-state index contributed by atoms with van der Waals surface area (Å²) in [5, 5.41) is 7.11. The molecule has 0 aliphatic carbocycles. The molecule has 102 valence electrons. The van der Waals surface area contributed by atoms with Crippen LogP contribution in [-0.2, 0) is 0 Å². The van der Waals surface area contributed by atoms with Crippen molar-refractivity contribution in [2.75, 3.05) is 0 Å². The van der Waals surface area contributed by atoms with Crippen LogP contribution in [0.3, 0.4) is 0 Å². The van der Waals surface area contributed by atoms with Crippen LogP contribution in [0.4, 0.5) is 0 Å². The van der Waals surface area contributed by atoms with E-state index in [1.165, 1.54) is 10.8 Å². The van der Waals surface area contributed by atoms with Crippen molar-refractivity contribution in [3.63, 3.8) is 0 Å². The zero-order valence-electron chi connectivity index (χ0n) is 11.5. The van der Waals surface area contributed by atoms with E-state index in [1.807, 2.05) is 23.9 Å². The molecular weight excluding hydrogens is 326 g/mol. The lowest BCUT2D eigenvalue weighted by Crippen LogP contribution is -2.32. The van der Waals surface area contributed by atoms with Crippen molar-refractivity contribution in [1.82, 2.24) is 9.90 Å². The summed E-state index contributed by atoms with van der Waals surface area (Å²) in [7, 11) is 0. The van der Waals surface area contributed by atoms with Gasteiger partial charge in [0, 0.05) is 21.9 Å². The number of fused-ring (bicyclic) bond motifs is 2. The second kappa shape index (κ2) is 4.67. The highest BCUT2D eigenvalue weighted by molar-refractivity contribution is 9.10. The van der Waals surface area contributed by atoms with Crippen LogP contribution >= 0.6 is 15.9 Å². The van der Waals surface area contributed by atoms with Crippen molar-refractivity contribution >= 4 is 32.2 Å². The van der Waals surface area contributed by atoms with E-state index in [1.54, 1.807) is 0 Å². The number of hydrogen-bond donors (Lipinski definition) is 0. The van der Waals surface area contributed by atoms with E-state index in [9.17, 15) is 0 Å². The number of benzene rings is 2. The minimum absolute atomic E-state index is 1.02. The number of aryl methyl sites for hydroxylation is 1. The van der Waals surface area contributed by atoms with E-state index in [0.29, 0.717) is 0 Å². The maximum atomic E-state index is 4.68. The van der Waals surface area contributed by atoms with E-state index in [4.69, 9.17) is 0 Å². The fourth-order valence-corrected chi connectivity index (χ4v) is 2.86. The van der Waals surface area contributed by atoms with E-state index in [2.05, 4.69) is 74.2 Å². The molecule has 0 aliphatic rings. The minimum atomic E-state index is 1.02. The molecule has 0 spiro atoms. The molecule has 4 rings (SSSR count). The van der Waals surface area contributed by atoms with E-state index >= 15 is 0 Å². The number of rotatable bonds is 1. The highest BCUT2D eigenvalue weighted by Crippen LogP contribution is 2.17. The number of hydrogen-bond acceptors (Lipinski definition) is 1. The summed E-state index contributed by atoms with van der Waals surface area (Å²) >= 11 is 3.47. The summed E-state index contributed by atoms with van der Waals surface area (Å²) < 4.78 is 3.16. The maximum Gasteiger partial charge on any atom is 0.224 e. The average molecular weight is 339 g/mol. The molecule has 0 radical (unpaired) electrons. The molecular formula is C17H13BrN3+. The molecule has 0 N–H and O–H groups in total. The van der Waals surface area contributed by atoms with Crippen LogP contribution in [0.2, 0.25) is 0 Å². The second-order valence-corrected chi connectivity index (χ2v) is 6.00. The van der Waals surface area contributed by atoms with Crippen LogP contribution in [0.25, 0.3) is 22.0 Å². The highest BCUT2D eigenvalue weighted by Gasteiger charge is 2.18. The molecule has 2 aromatic carbocycles. The zero-order chi connectivity index (χ0) is 14.4. The van der Waals surface area contributed by atoms with Gasteiger partial charge in [-0.05, 0) is 40.5 Å². The van der Waals surface area contributed by atoms with E-state index < -0.39 is 0 Å². The van der Waals surface area contributed by atoms with Gasteiger partial charge in [0.1, 0.15) is 11.9 Å². The number of nitrogens with zero attached hydrogens (tertiary/aromatic N) is 3. The first-order valence-corrected chi connectivity index (χ1v) is 7.58. The van der Waals surface area contributed by atoms with Gasteiger partial charge in [-0.3, -0.25) is 0 Å². The Hall–Kier alpha value is -2.20. The first-order chi connectivity index (χ1) is 10.2. The van der Waals surface area contributed by atoms with Gasteiger partial charge in [-0.25, -0.2) is 0 Å². The van der Waals surface area contributed by atoms with Crippen LogP contribution in [0.15, 0.2) is 65.3 Å². The number of halogens is 1. The Kier molecular flexibility index (Phi) is 2.79. The predicted octanol–water partition coefficient (Wildman–Crippen LogP) is 3.84. The molecule has 0 fully saturated rings. The van der Waals surface area contributed by atoms with Crippen LogP contribution < -0.4 is 4.52 Å². The van der Waals surface area contributed by atoms with Gasteiger partial charge in [0.25, 0.3) is 0 Å². The third kappa shape index (κ3) is 2.03. The lowest BCUT2D eigenvalue weighted by molar-refractivity contribution is -0.602. The number of pyridine rings is 1. The molecule has 0 amide bonds. The van der Waals surface area contributed by atoms with Crippen molar-refractivity contribution in [3.05, 3.63) is 71.0 Å². The summed E-state index contributed by atoms with van der Waals surface area (Å²) in [6.07, 6.45) is 2.13. The third-order valence-corrected chi connectivity index (χ3v) is 4.20. The Morgan fingerprint density at radius 3 is 2.48 bits per heavy atom. The van der Waals surface area contributed by atoms with Gasteiger partial charge in [0.05, 0.1) is 0 Å². The first kappa shape index (κ1) is 12.5. The van der Waals surface area contributed by atoms with Crippen molar-refractivity contribution < 1.29 is 4.52 Å². The molecule has 0 bridgehead atoms. The molecule has 0 saturated heterocycles. The molecule has 3 nitrogen and oxygen atoms in total. The third-order valence-electron chi connectivity index (χ3n) is 3.67. The zero-order valence-corrected chi connectivity index (χ0v) is 13.1. The monoisotopic (exact) mass is 338 g/mol. The normalized spacial score (nSPS) is 11.3. The summed E-state index contributed by atoms with van der Waals surface area (Å²) in [5.41, 5.74) is 3.18. The fourth-order valence-electron chi connectivity index (χ4n) is 2.60. The lowest BCUT2D eigenvalue weighted by atomic mass is 10.1. The lowest BCUT2D eigenvalue weighted by Gasteiger charge is -1.99. The average Bonchev–Trinajstić information content (AvgIpc) is 2.83. The Morgan fingerprint density at radius 1 is 1.00 bits per heavy atom. The van der Waals surface area contributed by atoms with Gasteiger partial charge in [-0.15, -0.1) is 4.52 Å². The first-order valence-electron chi connectivity index (χ1n) is 6.78. The van der Waals surface area contributed by atoms with Gasteiger partial charge < -0.3 is 0 Å². The molecule has 0 atom stereocenters. The summed E-state index contributed by atoms with van der Waals surface area (Å²) in [6.45, 7) is 2.04. The smallest absolute Gasteiger partial charge is 0.120 e. The maximum absolute atomic E-state index is 4.68. The van der Waals surface area contributed by atoms with Gasteiger partial charge in [-0.1, -0.05) is 40.2 Å². The molecule has 2 heterocycles. The Morgan fingerprint density at radius 2 is 1.71 bits per heavy atom. The standard InChI is InChI=1S/C17H13BrN3/c1-12-17-10-13-4-2-3-5-14(13)11-20(17)21(19-12)16-8-6-15(18)7-9-16/h2-11H,1H3/q+1. The van der Waals surface area contributed by atoms with E-state index in [-0.39, 0.29) is 0 Å². The van der Waals surface area contributed by atoms with Crippen LogP contribution in [0.5, 0.6) is 0 Å². The van der Waals surface area contributed by atoms with Crippen LogP contribution in [-0.4, -0.2) is 9.90 Å². The molecule has 0 aliphatic heterocycles. The molecule has 4 aromatic rings. The molecule has 0 saturated carbocycles. The van der Waals surface area contributed by atoms with Crippen molar-refractivity contribution in [2.24, 2.45) is 0 Å². The minimum Gasteiger partial charge on any atom is -0.120 e. The Bertz CT molecular complexity index is 955. The van der Waals surface area contributed by atoms with Crippen molar-refractivity contribution in [1.29, 1.82) is 0 Å². The summed E-state index contributed by atoms with van der Waals surface area (Å²) in [6, 6.07) is 18.7. The fraction of sp³-hybridized carbons (Fsp3) is 0.0588. The SMILES string of the molecule is Cc1nn(-c2ccc(Br)cc2)[n+]2cc3ccccc3cc12. The van der Waals surface area contributed by atoms with Crippen molar-refractivity contribution in [3.8, 4) is 5.69 Å².